The van der Waals surface area contributed by atoms with Crippen molar-refractivity contribution >= 4 is 5.91 Å². The van der Waals surface area contributed by atoms with Crippen LogP contribution >= 0.6 is 0 Å². The van der Waals surface area contributed by atoms with E-state index in [9.17, 15) is 4.79 Å². The molecule has 1 aromatic carbocycles. The Hall–Kier alpha value is -1.43. The molecule has 3 aliphatic heterocycles. The molecule has 6 fully saturated rings. The first-order chi connectivity index (χ1) is 20.3. The first-order valence-electron chi connectivity index (χ1n) is 18.0. The SMILES string of the molecule is CC1(c2cc(C3(C)CCCC3N3CCCC3)c(C(N)=O)c(C3(C)CCCC3N3CCCC3)c2)CCCC1N1CCCC1. The molecule has 5 nitrogen and oxygen atoms in total. The monoisotopic (exact) mass is 574 g/mol. The number of primary amides is 1. The molecule has 1 aromatic rings. The number of benzene rings is 1. The van der Waals surface area contributed by atoms with Crippen molar-refractivity contribution in [2.24, 2.45) is 5.73 Å². The summed E-state index contributed by atoms with van der Waals surface area (Å²) in [6.45, 7) is 15.0. The van der Waals surface area contributed by atoms with E-state index in [4.69, 9.17) is 5.73 Å². The number of amides is 1. The van der Waals surface area contributed by atoms with Crippen LogP contribution in [0, 0.1) is 0 Å². The molecule has 232 valence electrons. The molecule has 0 radical (unpaired) electrons. The van der Waals surface area contributed by atoms with Gasteiger partial charge < -0.3 is 5.73 Å². The third kappa shape index (κ3) is 4.62. The molecular formula is C37H58N4O. The second kappa shape index (κ2) is 11.2. The van der Waals surface area contributed by atoms with E-state index >= 15 is 0 Å². The fourth-order valence-corrected chi connectivity index (χ4v) is 11.5. The van der Waals surface area contributed by atoms with Crippen LogP contribution in [0.4, 0.5) is 0 Å². The van der Waals surface area contributed by atoms with Gasteiger partial charge in [-0.3, -0.25) is 19.5 Å². The van der Waals surface area contributed by atoms with Gasteiger partial charge in [0.2, 0.25) is 5.91 Å². The summed E-state index contributed by atoms with van der Waals surface area (Å²) in [5.41, 5.74) is 11.7. The van der Waals surface area contributed by atoms with Gasteiger partial charge in [-0.1, -0.05) is 52.2 Å². The van der Waals surface area contributed by atoms with Crippen molar-refractivity contribution in [3.63, 3.8) is 0 Å². The Kier molecular flexibility index (Phi) is 7.80. The van der Waals surface area contributed by atoms with Gasteiger partial charge in [0.15, 0.2) is 0 Å². The molecule has 0 bridgehead atoms. The minimum Gasteiger partial charge on any atom is -0.366 e. The summed E-state index contributed by atoms with van der Waals surface area (Å²) in [6.07, 6.45) is 19.1. The van der Waals surface area contributed by atoms with Crippen molar-refractivity contribution in [1.29, 1.82) is 0 Å². The fraction of sp³-hybridized carbons (Fsp3) is 0.811. The van der Waals surface area contributed by atoms with Crippen molar-refractivity contribution in [3.8, 4) is 0 Å². The lowest BCUT2D eigenvalue weighted by molar-refractivity contribution is 0.0989. The van der Waals surface area contributed by atoms with Gasteiger partial charge in [0.1, 0.15) is 0 Å². The lowest BCUT2D eigenvalue weighted by Gasteiger charge is -2.45. The lowest BCUT2D eigenvalue weighted by atomic mass is 9.65. The Bertz CT molecular complexity index is 1100. The van der Waals surface area contributed by atoms with Gasteiger partial charge in [0.25, 0.3) is 0 Å². The number of rotatable bonds is 7. The van der Waals surface area contributed by atoms with Crippen molar-refractivity contribution in [2.75, 3.05) is 39.3 Å². The van der Waals surface area contributed by atoms with Gasteiger partial charge in [-0.15, -0.1) is 0 Å². The highest BCUT2D eigenvalue weighted by atomic mass is 16.1. The van der Waals surface area contributed by atoms with Gasteiger partial charge in [-0.2, -0.15) is 0 Å². The minimum atomic E-state index is -0.180. The average molecular weight is 575 g/mol. The van der Waals surface area contributed by atoms with Crippen LogP contribution in [-0.4, -0.2) is 78.0 Å². The molecule has 3 heterocycles. The molecule has 3 saturated heterocycles. The van der Waals surface area contributed by atoms with E-state index in [1.54, 1.807) is 0 Å². The molecule has 0 aromatic heterocycles. The molecule has 6 atom stereocenters. The first kappa shape index (κ1) is 29.3. The molecule has 1 amide bonds. The molecule has 42 heavy (non-hydrogen) atoms. The summed E-state index contributed by atoms with van der Waals surface area (Å²) in [6, 6.07) is 6.76. The van der Waals surface area contributed by atoms with Crippen LogP contribution in [0.3, 0.4) is 0 Å². The van der Waals surface area contributed by atoms with Crippen molar-refractivity contribution in [1.82, 2.24) is 14.7 Å². The Morgan fingerprint density at radius 1 is 0.595 bits per heavy atom. The highest BCUT2D eigenvalue weighted by Crippen LogP contribution is 2.54. The second-order valence-electron chi connectivity index (χ2n) is 16.0. The largest absolute Gasteiger partial charge is 0.366 e. The van der Waals surface area contributed by atoms with Crippen LogP contribution < -0.4 is 5.73 Å². The highest BCUT2D eigenvalue weighted by Gasteiger charge is 2.52. The minimum absolute atomic E-state index is 0.0321. The Balaban J connectivity index is 1.42. The molecule has 0 spiro atoms. The zero-order chi connectivity index (χ0) is 29.1. The predicted octanol–water partition coefficient (Wildman–Crippen LogP) is 6.50. The summed E-state index contributed by atoms with van der Waals surface area (Å²) >= 11 is 0. The fourth-order valence-electron chi connectivity index (χ4n) is 11.5. The molecule has 2 N–H and O–H groups in total. The Labute approximate surface area is 255 Å². The van der Waals surface area contributed by atoms with Crippen LogP contribution in [0.25, 0.3) is 0 Å². The zero-order valence-corrected chi connectivity index (χ0v) is 27.1. The maximum absolute atomic E-state index is 13.9. The van der Waals surface area contributed by atoms with E-state index in [1.165, 1.54) is 139 Å². The average Bonchev–Trinajstić information content (AvgIpc) is 3.80. The van der Waals surface area contributed by atoms with Crippen LogP contribution in [0.15, 0.2) is 12.1 Å². The molecule has 3 aliphatic carbocycles. The van der Waals surface area contributed by atoms with Crippen molar-refractivity contribution in [2.45, 2.75) is 151 Å². The number of nitrogens with two attached hydrogens (primary N) is 1. The maximum atomic E-state index is 13.9. The van der Waals surface area contributed by atoms with E-state index in [0.717, 1.165) is 18.4 Å². The lowest BCUT2D eigenvalue weighted by Crippen LogP contribution is -2.49. The van der Waals surface area contributed by atoms with Gasteiger partial charge in [-0.05, 0) is 133 Å². The van der Waals surface area contributed by atoms with E-state index in [1.807, 2.05) is 0 Å². The number of carbonyl (C=O) groups excluding carboxylic acids is 1. The van der Waals surface area contributed by atoms with Gasteiger partial charge in [-0.25, -0.2) is 0 Å². The van der Waals surface area contributed by atoms with Crippen molar-refractivity contribution < 1.29 is 4.79 Å². The number of hydrogen-bond donors (Lipinski definition) is 1. The van der Waals surface area contributed by atoms with E-state index < -0.39 is 0 Å². The molecule has 6 aliphatic rings. The zero-order valence-electron chi connectivity index (χ0n) is 27.1. The molecule has 7 rings (SSSR count). The number of carbonyl (C=O) groups is 1. The third-order valence-electron chi connectivity index (χ3n) is 13.7. The van der Waals surface area contributed by atoms with Crippen LogP contribution in [0.5, 0.6) is 0 Å². The molecule has 5 heteroatoms. The normalized spacial score (nSPS) is 40.1. The summed E-state index contributed by atoms with van der Waals surface area (Å²) in [5.74, 6) is -0.180. The van der Waals surface area contributed by atoms with Gasteiger partial charge >= 0.3 is 0 Å². The summed E-state index contributed by atoms with van der Waals surface area (Å²) < 4.78 is 0. The summed E-state index contributed by atoms with van der Waals surface area (Å²) in [7, 11) is 0. The predicted molar refractivity (Wildman–Crippen MR) is 172 cm³/mol. The van der Waals surface area contributed by atoms with E-state index in [2.05, 4.69) is 47.6 Å². The Morgan fingerprint density at radius 3 is 1.29 bits per heavy atom. The standard InChI is InChI=1S/C37H58N4O/c1-35(16-10-13-30(35)39-19-4-5-20-39)27-25-28(36(2)17-11-14-31(36)40-21-6-7-22-40)33(34(38)42)29(26-27)37(3)18-12-15-32(37)41-23-8-9-24-41/h25-26,30-32H,4-24H2,1-3H3,(H2,38,42). The topological polar surface area (TPSA) is 52.8 Å². The number of nitrogens with zero attached hydrogens (tertiary/aromatic N) is 3. The highest BCUT2D eigenvalue weighted by molar-refractivity contribution is 5.97. The quantitative estimate of drug-likeness (QED) is 0.404. The van der Waals surface area contributed by atoms with Crippen LogP contribution in [-0.2, 0) is 16.2 Å². The van der Waals surface area contributed by atoms with Gasteiger partial charge in [0.05, 0.1) is 0 Å². The van der Waals surface area contributed by atoms with Gasteiger partial charge in [0, 0.05) is 39.9 Å². The molecular weight excluding hydrogens is 516 g/mol. The molecule has 3 saturated carbocycles. The smallest absolute Gasteiger partial charge is 0.249 e. The summed E-state index contributed by atoms with van der Waals surface area (Å²) in [5, 5.41) is 0. The van der Waals surface area contributed by atoms with Crippen LogP contribution in [0.2, 0.25) is 0 Å². The third-order valence-corrected chi connectivity index (χ3v) is 13.7. The van der Waals surface area contributed by atoms with E-state index in [-0.39, 0.29) is 22.2 Å². The maximum Gasteiger partial charge on any atom is 0.249 e. The first-order valence-corrected chi connectivity index (χ1v) is 18.0. The van der Waals surface area contributed by atoms with E-state index in [0.29, 0.717) is 18.1 Å². The molecule has 6 unspecified atom stereocenters. The number of likely N-dealkylation sites (tertiary alicyclic amines) is 3. The van der Waals surface area contributed by atoms with Crippen molar-refractivity contribution in [3.05, 3.63) is 34.4 Å². The Morgan fingerprint density at radius 2 is 0.929 bits per heavy atom. The van der Waals surface area contributed by atoms with Crippen LogP contribution in [0.1, 0.15) is 144 Å². The second-order valence-corrected chi connectivity index (χ2v) is 16.0. The number of hydrogen-bond acceptors (Lipinski definition) is 4. The summed E-state index contributed by atoms with van der Waals surface area (Å²) in [4.78, 5) is 22.2.